The van der Waals surface area contributed by atoms with Gasteiger partial charge in [0.25, 0.3) is 0 Å². The van der Waals surface area contributed by atoms with Gasteiger partial charge in [-0.25, -0.2) is 15.0 Å². The summed E-state index contributed by atoms with van der Waals surface area (Å²) in [7, 11) is 0. The van der Waals surface area contributed by atoms with Gasteiger partial charge in [0.15, 0.2) is 17.5 Å². The van der Waals surface area contributed by atoms with Crippen LogP contribution in [-0.2, 0) is 0 Å². The lowest BCUT2D eigenvalue weighted by Crippen LogP contribution is -2.00. The summed E-state index contributed by atoms with van der Waals surface area (Å²) < 4.78 is 9.11. The Morgan fingerprint density at radius 1 is 0.339 bits per heavy atom. The largest absolute Gasteiger partial charge is 0.456 e. The number of hydrogen-bond donors (Lipinski definition) is 0. The van der Waals surface area contributed by atoms with Gasteiger partial charge in [-0.3, -0.25) is 0 Å². The van der Waals surface area contributed by atoms with Crippen molar-refractivity contribution in [3.63, 3.8) is 0 Å². The maximum Gasteiger partial charge on any atom is 0.164 e. The van der Waals surface area contributed by atoms with Crippen molar-refractivity contribution in [2.45, 2.75) is 0 Å². The fraction of sp³-hybridized carbons (Fsp3) is 0. The van der Waals surface area contributed by atoms with Gasteiger partial charge in [-0.05, 0) is 63.7 Å². The van der Waals surface area contributed by atoms with Crippen LogP contribution in [0, 0.1) is 0 Å². The van der Waals surface area contributed by atoms with E-state index in [1.54, 1.807) is 0 Å². The Kier molecular flexibility index (Phi) is 7.64. The van der Waals surface area contributed by atoms with Crippen LogP contribution in [0.5, 0.6) is 0 Å². The first kappa shape index (κ1) is 32.2. The maximum atomic E-state index is 6.53. The molecule has 5 heteroatoms. The average Bonchev–Trinajstić information content (AvgIpc) is 3.86. The third-order valence-corrected chi connectivity index (χ3v) is 11.7. The van der Waals surface area contributed by atoms with E-state index in [1.807, 2.05) is 72.0 Å². The molecule has 0 radical (unpaired) electrons. The smallest absolute Gasteiger partial charge is 0.164 e. The predicted molar refractivity (Wildman–Crippen MR) is 233 cm³/mol. The SMILES string of the molecule is c1ccc(-c2nc(-c3ccccc3)nc(-c3cccc(-c4cccc5oc6ccc(-c7cccc8sc9c(-c%10ccccc%10)cccc9c78)cc6c45)c3)n2)cc1. The number of aromatic nitrogens is 3. The Morgan fingerprint density at radius 3 is 1.59 bits per heavy atom. The minimum Gasteiger partial charge on any atom is -0.456 e. The topological polar surface area (TPSA) is 51.8 Å². The second-order valence-electron chi connectivity index (χ2n) is 13.9. The number of thiophene rings is 1. The quantitative estimate of drug-likeness (QED) is 0.171. The zero-order chi connectivity index (χ0) is 37.0. The molecular formula is C51H31N3OS. The summed E-state index contributed by atoms with van der Waals surface area (Å²) in [4.78, 5) is 14.9. The van der Waals surface area contributed by atoms with Crippen molar-refractivity contribution in [2.24, 2.45) is 0 Å². The zero-order valence-corrected chi connectivity index (χ0v) is 30.9. The Morgan fingerprint density at radius 2 is 0.875 bits per heavy atom. The molecule has 8 aromatic carbocycles. The van der Waals surface area contributed by atoms with E-state index in [-0.39, 0.29) is 0 Å². The Hall–Kier alpha value is -7.21. The van der Waals surface area contributed by atoms with Crippen LogP contribution in [0.15, 0.2) is 192 Å². The molecule has 0 fully saturated rings. The Balaban J connectivity index is 1.06. The summed E-state index contributed by atoms with van der Waals surface area (Å²) in [5.74, 6) is 1.90. The van der Waals surface area contributed by atoms with Crippen molar-refractivity contribution < 1.29 is 4.42 Å². The minimum absolute atomic E-state index is 0.623. The molecule has 0 aliphatic carbocycles. The molecule has 262 valence electrons. The van der Waals surface area contributed by atoms with Crippen LogP contribution in [-0.4, -0.2) is 15.0 Å². The highest BCUT2D eigenvalue weighted by molar-refractivity contribution is 7.26. The van der Waals surface area contributed by atoms with Crippen molar-refractivity contribution in [3.8, 4) is 67.5 Å². The molecule has 0 saturated carbocycles. The number of hydrogen-bond acceptors (Lipinski definition) is 5. The van der Waals surface area contributed by atoms with E-state index in [2.05, 4.69) is 127 Å². The van der Waals surface area contributed by atoms with Crippen LogP contribution in [0.2, 0.25) is 0 Å². The molecule has 11 rings (SSSR count). The highest BCUT2D eigenvalue weighted by Crippen LogP contribution is 2.45. The van der Waals surface area contributed by atoms with E-state index in [1.165, 1.54) is 36.9 Å². The van der Waals surface area contributed by atoms with E-state index in [0.717, 1.165) is 55.3 Å². The molecule has 3 aromatic heterocycles. The summed E-state index contributed by atoms with van der Waals surface area (Å²) in [5, 5.41) is 4.73. The average molecular weight is 734 g/mol. The van der Waals surface area contributed by atoms with Crippen molar-refractivity contribution in [1.82, 2.24) is 15.0 Å². The van der Waals surface area contributed by atoms with Gasteiger partial charge in [0.1, 0.15) is 11.2 Å². The van der Waals surface area contributed by atoms with Crippen molar-refractivity contribution in [1.29, 1.82) is 0 Å². The van der Waals surface area contributed by atoms with Gasteiger partial charge < -0.3 is 4.42 Å². The summed E-state index contributed by atoms with van der Waals surface area (Å²) in [6, 6.07) is 65.6. The van der Waals surface area contributed by atoms with Gasteiger partial charge in [-0.1, -0.05) is 158 Å². The lowest BCUT2D eigenvalue weighted by Gasteiger charge is -2.10. The van der Waals surface area contributed by atoms with Gasteiger partial charge in [0.2, 0.25) is 0 Å². The first-order valence-electron chi connectivity index (χ1n) is 18.7. The molecule has 0 amide bonds. The molecule has 0 N–H and O–H groups in total. The van der Waals surface area contributed by atoms with Crippen LogP contribution in [0.25, 0.3) is 110 Å². The third-order valence-electron chi connectivity index (χ3n) is 10.5. The highest BCUT2D eigenvalue weighted by atomic mass is 32.1. The number of nitrogens with zero attached hydrogens (tertiary/aromatic N) is 3. The second kappa shape index (κ2) is 13.3. The van der Waals surface area contributed by atoms with E-state index in [0.29, 0.717) is 17.5 Å². The van der Waals surface area contributed by atoms with Gasteiger partial charge >= 0.3 is 0 Å². The second-order valence-corrected chi connectivity index (χ2v) is 15.0. The molecule has 4 nitrogen and oxygen atoms in total. The molecule has 3 heterocycles. The molecule has 0 aliphatic rings. The van der Waals surface area contributed by atoms with Crippen molar-refractivity contribution >= 4 is 53.4 Å². The van der Waals surface area contributed by atoms with Gasteiger partial charge in [-0.15, -0.1) is 11.3 Å². The first-order chi connectivity index (χ1) is 27.7. The van der Waals surface area contributed by atoms with Crippen LogP contribution in [0.4, 0.5) is 0 Å². The molecule has 0 saturated heterocycles. The minimum atomic E-state index is 0.623. The van der Waals surface area contributed by atoms with Crippen molar-refractivity contribution in [3.05, 3.63) is 188 Å². The molecule has 0 aliphatic heterocycles. The number of furan rings is 1. The number of rotatable bonds is 6. The summed E-state index contributed by atoms with van der Waals surface area (Å²) in [5.41, 5.74) is 11.5. The predicted octanol–water partition coefficient (Wildman–Crippen LogP) is 14.1. The normalized spacial score (nSPS) is 11.6. The van der Waals surface area contributed by atoms with Gasteiger partial charge in [-0.2, -0.15) is 0 Å². The molecule has 56 heavy (non-hydrogen) atoms. The third kappa shape index (κ3) is 5.48. The summed E-state index contributed by atoms with van der Waals surface area (Å²) in [6.07, 6.45) is 0. The van der Waals surface area contributed by atoms with E-state index in [9.17, 15) is 0 Å². The maximum absolute atomic E-state index is 6.53. The fourth-order valence-electron chi connectivity index (χ4n) is 7.93. The lowest BCUT2D eigenvalue weighted by atomic mass is 9.94. The van der Waals surface area contributed by atoms with Crippen LogP contribution in [0.3, 0.4) is 0 Å². The first-order valence-corrected chi connectivity index (χ1v) is 19.5. The molecule has 0 atom stereocenters. The zero-order valence-electron chi connectivity index (χ0n) is 30.1. The van der Waals surface area contributed by atoms with E-state index < -0.39 is 0 Å². The Labute approximate surface area is 327 Å². The van der Waals surface area contributed by atoms with Gasteiger partial charge in [0.05, 0.1) is 0 Å². The summed E-state index contributed by atoms with van der Waals surface area (Å²) in [6.45, 7) is 0. The molecule has 0 unspecified atom stereocenters. The molecule has 0 bridgehead atoms. The van der Waals surface area contributed by atoms with Crippen LogP contribution in [0.1, 0.15) is 0 Å². The van der Waals surface area contributed by atoms with Crippen molar-refractivity contribution in [2.75, 3.05) is 0 Å². The molecule has 11 aromatic rings. The van der Waals surface area contributed by atoms with E-state index >= 15 is 0 Å². The lowest BCUT2D eigenvalue weighted by molar-refractivity contribution is 0.669. The molecular weight excluding hydrogens is 703 g/mol. The van der Waals surface area contributed by atoms with Crippen LogP contribution >= 0.6 is 11.3 Å². The fourth-order valence-corrected chi connectivity index (χ4v) is 9.20. The standard InChI is InChI=1S/C51H31N3OS/c1-4-14-32(15-5-1)40-24-11-25-41-47-39(23-13-27-45(47)56-48(40)41)36-28-29-43-42(31-36)46-38(22-12-26-44(46)55-43)35-20-10-21-37(30-35)51-53-49(33-16-6-2-7-17-33)52-50(54-51)34-18-8-3-9-19-34/h1-31H. The monoisotopic (exact) mass is 733 g/mol. The van der Waals surface area contributed by atoms with Gasteiger partial charge in [0, 0.05) is 47.6 Å². The number of benzene rings is 8. The molecule has 0 spiro atoms. The highest BCUT2D eigenvalue weighted by Gasteiger charge is 2.18. The number of fused-ring (bicyclic) bond motifs is 6. The van der Waals surface area contributed by atoms with E-state index in [4.69, 9.17) is 19.4 Å². The van der Waals surface area contributed by atoms with Crippen LogP contribution < -0.4 is 0 Å². The Bertz CT molecular complexity index is 3180. The summed E-state index contributed by atoms with van der Waals surface area (Å²) >= 11 is 1.87.